The SMILES string of the molecule is CC(C)ON1C(=O)CN(C(=O)Nc2ccccc2)C1c1ccccc1. The molecular formula is C19H21N3O3. The number of para-hydroxylation sites is 1. The Morgan fingerprint density at radius 1 is 1.08 bits per heavy atom. The topological polar surface area (TPSA) is 61.9 Å². The van der Waals surface area contributed by atoms with Crippen molar-refractivity contribution in [2.45, 2.75) is 26.1 Å². The molecule has 1 heterocycles. The predicted octanol–water partition coefficient (Wildman–Crippen LogP) is 3.40. The molecule has 6 heteroatoms. The third-order valence-corrected chi connectivity index (χ3v) is 3.78. The van der Waals surface area contributed by atoms with Gasteiger partial charge in [0.1, 0.15) is 6.54 Å². The van der Waals surface area contributed by atoms with Crippen molar-refractivity contribution < 1.29 is 14.4 Å². The van der Waals surface area contributed by atoms with Crippen LogP contribution in [0.4, 0.5) is 10.5 Å². The van der Waals surface area contributed by atoms with E-state index in [1.54, 1.807) is 12.1 Å². The molecule has 0 aliphatic carbocycles. The van der Waals surface area contributed by atoms with Crippen LogP contribution in [0, 0.1) is 0 Å². The van der Waals surface area contributed by atoms with Crippen LogP contribution < -0.4 is 5.32 Å². The number of hydroxylamine groups is 2. The number of benzene rings is 2. The Morgan fingerprint density at radius 2 is 1.68 bits per heavy atom. The molecule has 2 aromatic rings. The highest BCUT2D eigenvalue weighted by atomic mass is 16.7. The van der Waals surface area contributed by atoms with Crippen molar-refractivity contribution in [1.29, 1.82) is 0 Å². The van der Waals surface area contributed by atoms with Crippen LogP contribution in [0.1, 0.15) is 25.6 Å². The summed E-state index contributed by atoms with van der Waals surface area (Å²) in [6, 6.07) is 18.2. The monoisotopic (exact) mass is 339 g/mol. The maximum absolute atomic E-state index is 12.8. The van der Waals surface area contributed by atoms with E-state index in [2.05, 4.69) is 5.32 Å². The number of urea groups is 1. The van der Waals surface area contributed by atoms with E-state index >= 15 is 0 Å². The van der Waals surface area contributed by atoms with E-state index < -0.39 is 6.17 Å². The second-order valence-corrected chi connectivity index (χ2v) is 6.08. The van der Waals surface area contributed by atoms with Crippen LogP contribution in [0.25, 0.3) is 0 Å². The Morgan fingerprint density at radius 3 is 2.28 bits per heavy atom. The molecule has 130 valence electrons. The van der Waals surface area contributed by atoms with Gasteiger partial charge >= 0.3 is 6.03 Å². The average molecular weight is 339 g/mol. The Hall–Kier alpha value is -2.86. The molecule has 25 heavy (non-hydrogen) atoms. The number of carbonyl (C=O) groups excluding carboxylic acids is 2. The number of carbonyl (C=O) groups is 2. The van der Waals surface area contributed by atoms with Gasteiger partial charge in [0.2, 0.25) is 0 Å². The molecule has 1 fully saturated rings. The minimum Gasteiger partial charge on any atom is -0.308 e. The lowest BCUT2D eigenvalue weighted by atomic mass is 10.1. The maximum Gasteiger partial charge on any atom is 0.324 e. The molecule has 1 atom stereocenters. The van der Waals surface area contributed by atoms with Gasteiger partial charge in [-0.25, -0.2) is 4.79 Å². The first-order valence-electron chi connectivity index (χ1n) is 8.22. The fourth-order valence-corrected chi connectivity index (χ4v) is 2.75. The van der Waals surface area contributed by atoms with Crippen molar-refractivity contribution in [3.63, 3.8) is 0 Å². The summed E-state index contributed by atoms with van der Waals surface area (Å²) in [6.45, 7) is 3.66. The fourth-order valence-electron chi connectivity index (χ4n) is 2.75. The first-order chi connectivity index (χ1) is 12.1. The number of nitrogens with zero attached hydrogens (tertiary/aromatic N) is 2. The van der Waals surface area contributed by atoms with E-state index in [0.29, 0.717) is 5.69 Å². The van der Waals surface area contributed by atoms with E-state index in [1.807, 2.05) is 62.4 Å². The average Bonchev–Trinajstić information content (AvgIpc) is 2.93. The molecule has 0 spiro atoms. The molecule has 3 rings (SSSR count). The van der Waals surface area contributed by atoms with Crippen LogP contribution in [0.5, 0.6) is 0 Å². The summed E-state index contributed by atoms with van der Waals surface area (Å²) in [5.41, 5.74) is 1.49. The number of nitrogens with one attached hydrogen (secondary N) is 1. The summed E-state index contributed by atoms with van der Waals surface area (Å²) >= 11 is 0. The molecule has 0 bridgehead atoms. The van der Waals surface area contributed by atoms with Crippen LogP contribution in [-0.4, -0.2) is 34.6 Å². The lowest BCUT2D eigenvalue weighted by Crippen LogP contribution is -2.38. The zero-order valence-corrected chi connectivity index (χ0v) is 14.3. The summed E-state index contributed by atoms with van der Waals surface area (Å²) in [5.74, 6) is -0.245. The van der Waals surface area contributed by atoms with Gasteiger partial charge in [-0.15, -0.1) is 0 Å². The molecule has 1 aliphatic heterocycles. The fraction of sp³-hybridized carbons (Fsp3) is 0.263. The molecule has 0 aromatic heterocycles. The highest BCUT2D eigenvalue weighted by molar-refractivity contribution is 5.94. The number of hydrogen-bond acceptors (Lipinski definition) is 3. The lowest BCUT2D eigenvalue weighted by Gasteiger charge is -2.30. The summed E-state index contributed by atoms with van der Waals surface area (Å²) in [7, 11) is 0. The second kappa shape index (κ2) is 7.36. The molecule has 1 unspecified atom stereocenters. The van der Waals surface area contributed by atoms with Gasteiger partial charge in [-0.05, 0) is 31.5 Å². The van der Waals surface area contributed by atoms with Crippen LogP contribution in [0.2, 0.25) is 0 Å². The Labute approximate surface area is 146 Å². The zero-order valence-electron chi connectivity index (χ0n) is 14.3. The third-order valence-electron chi connectivity index (χ3n) is 3.78. The normalized spacial score (nSPS) is 17.2. The standard InChI is InChI=1S/C19H21N3O3/c1-14(2)25-22-17(23)13-21(18(22)15-9-5-3-6-10-15)19(24)20-16-11-7-4-8-12-16/h3-12,14,18H,13H2,1-2H3,(H,20,24). The van der Waals surface area contributed by atoms with Gasteiger partial charge in [0.15, 0.2) is 6.17 Å². The number of amides is 3. The van der Waals surface area contributed by atoms with E-state index in [4.69, 9.17) is 4.84 Å². The molecular weight excluding hydrogens is 318 g/mol. The number of hydrogen-bond donors (Lipinski definition) is 1. The zero-order chi connectivity index (χ0) is 17.8. The van der Waals surface area contributed by atoms with E-state index in [-0.39, 0.29) is 24.6 Å². The Balaban J connectivity index is 1.88. The van der Waals surface area contributed by atoms with Crippen molar-refractivity contribution >= 4 is 17.6 Å². The smallest absolute Gasteiger partial charge is 0.308 e. The largest absolute Gasteiger partial charge is 0.324 e. The maximum atomic E-state index is 12.8. The molecule has 0 saturated carbocycles. The molecule has 2 aromatic carbocycles. The second-order valence-electron chi connectivity index (χ2n) is 6.08. The van der Waals surface area contributed by atoms with Crippen LogP contribution in [-0.2, 0) is 9.63 Å². The van der Waals surface area contributed by atoms with Crippen molar-refractivity contribution in [1.82, 2.24) is 9.96 Å². The van der Waals surface area contributed by atoms with Gasteiger partial charge in [0.05, 0.1) is 6.10 Å². The number of rotatable bonds is 4. The van der Waals surface area contributed by atoms with Crippen LogP contribution in [0.15, 0.2) is 60.7 Å². The van der Waals surface area contributed by atoms with Gasteiger partial charge in [0, 0.05) is 5.69 Å². The first kappa shape index (κ1) is 17.0. The molecule has 1 N–H and O–H groups in total. The third kappa shape index (κ3) is 3.80. The highest BCUT2D eigenvalue weighted by Crippen LogP contribution is 2.32. The molecule has 1 saturated heterocycles. The lowest BCUT2D eigenvalue weighted by molar-refractivity contribution is -0.212. The van der Waals surface area contributed by atoms with Gasteiger partial charge in [-0.1, -0.05) is 48.5 Å². The van der Waals surface area contributed by atoms with E-state index in [1.165, 1.54) is 9.96 Å². The minimum atomic E-state index is -0.597. The summed E-state index contributed by atoms with van der Waals surface area (Å²) in [6.07, 6.45) is -0.771. The Kier molecular flexibility index (Phi) is 5.00. The summed E-state index contributed by atoms with van der Waals surface area (Å²) < 4.78 is 0. The molecule has 1 aliphatic rings. The van der Waals surface area contributed by atoms with E-state index in [9.17, 15) is 9.59 Å². The molecule has 0 radical (unpaired) electrons. The summed E-state index contributed by atoms with van der Waals surface area (Å²) in [5, 5.41) is 4.13. The molecule has 3 amide bonds. The minimum absolute atomic E-state index is 0.0368. The van der Waals surface area contributed by atoms with Crippen molar-refractivity contribution in [2.75, 3.05) is 11.9 Å². The predicted molar refractivity (Wildman–Crippen MR) is 94.4 cm³/mol. The summed E-state index contributed by atoms with van der Waals surface area (Å²) in [4.78, 5) is 32.4. The van der Waals surface area contributed by atoms with Gasteiger partial charge in [-0.3, -0.25) is 14.5 Å². The van der Waals surface area contributed by atoms with E-state index in [0.717, 1.165) is 5.56 Å². The molecule has 6 nitrogen and oxygen atoms in total. The Bertz CT molecular complexity index is 734. The van der Waals surface area contributed by atoms with Crippen LogP contribution >= 0.6 is 0 Å². The number of anilines is 1. The van der Waals surface area contributed by atoms with Gasteiger partial charge < -0.3 is 5.32 Å². The quantitative estimate of drug-likeness (QED) is 0.928. The van der Waals surface area contributed by atoms with Crippen molar-refractivity contribution in [2.24, 2.45) is 0 Å². The van der Waals surface area contributed by atoms with Gasteiger partial charge in [-0.2, -0.15) is 5.06 Å². The van der Waals surface area contributed by atoms with Crippen molar-refractivity contribution in [3.8, 4) is 0 Å². The first-order valence-corrected chi connectivity index (χ1v) is 8.22. The van der Waals surface area contributed by atoms with Gasteiger partial charge in [0.25, 0.3) is 5.91 Å². The highest BCUT2D eigenvalue weighted by Gasteiger charge is 2.43. The van der Waals surface area contributed by atoms with Crippen LogP contribution in [0.3, 0.4) is 0 Å². The van der Waals surface area contributed by atoms with Crippen molar-refractivity contribution in [3.05, 3.63) is 66.2 Å².